The Morgan fingerprint density at radius 2 is 2.00 bits per heavy atom. The minimum absolute atomic E-state index is 0.279. The number of rotatable bonds is 5. The van der Waals surface area contributed by atoms with E-state index in [9.17, 15) is 5.11 Å². The number of hydrogen-bond donors (Lipinski definition) is 2. The maximum Gasteiger partial charge on any atom is 0.258 e. The second-order valence-corrected chi connectivity index (χ2v) is 4.92. The van der Waals surface area contributed by atoms with E-state index in [2.05, 4.69) is 20.4 Å². The molecule has 2 heterocycles. The fraction of sp³-hybridized carbons (Fsp3) is 0.188. The predicted octanol–water partition coefficient (Wildman–Crippen LogP) is 2.80. The summed E-state index contributed by atoms with van der Waals surface area (Å²) in [6.07, 6.45) is 2.55. The first-order valence-corrected chi connectivity index (χ1v) is 6.99. The van der Waals surface area contributed by atoms with Crippen LogP contribution in [0.3, 0.4) is 0 Å². The van der Waals surface area contributed by atoms with Crippen molar-refractivity contribution in [3.05, 3.63) is 54.0 Å². The van der Waals surface area contributed by atoms with Crippen LogP contribution in [0.4, 0.5) is 5.82 Å². The zero-order chi connectivity index (χ0) is 15.4. The molecule has 0 fully saturated rings. The molecule has 3 rings (SSSR count). The summed E-state index contributed by atoms with van der Waals surface area (Å²) in [5, 5.41) is 16.3. The zero-order valence-corrected chi connectivity index (χ0v) is 12.2. The molecule has 3 aromatic rings. The van der Waals surface area contributed by atoms with Crippen LogP contribution in [0.15, 0.2) is 47.1 Å². The van der Waals surface area contributed by atoms with Crippen LogP contribution in [0.1, 0.15) is 11.4 Å². The van der Waals surface area contributed by atoms with Gasteiger partial charge in [-0.1, -0.05) is 17.3 Å². The average Bonchev–Trinajstić information content (AvgIpc) is 2.96. The summed E-state index contributed by atoms with van der Waals surface area (Å²) >= 11 is 0. The van der Waals surface area contributed by atoms with Crippen molar-refractivity contribution in [2.45, 2.75) is 13.3 Å². The number of phenols is 1. The monoisotopic (exact) mass is 296 g/mol. The summed E-state index contributed by atoms with van der Waals surface area (Å²) in [5.74, 6) is 2.13. The highest BCUT2D eigenvalue weighted by molar-refractivity contribution is 5.57. The van der Waals surface area contributed by atoms with E-state index < -0.39 is 0 Å². The molecule has 0 atom stereocenters. The van der Waals surface area contributed by atoms with Crippen molar-refractivity contribution in [3.8, 4) is 17.2 Å². The maximum absolute atomic E-state index is 9.26. The lowest BCUT2D eigenvalue weighted by atomic mass is 10.1. The van der Waals surface area contributed by atoms with E-state index in [1.54, 1.807) is 25.3 Å². The third-order valence-corrected chi connectivity index (χ3v) is 3.19. The van der Waals surface area contributed by atoms with Gasteiger partial charge >= 0.3 is 0 Å². The van der Waals surface area contributed by atoms with Gasteiger partial charge in [-0.2, -0.15) is 4.98 Å². The summed E-state index contributed by atoms with van der Waals surface area (Å²) in [6.45, 7) is 2.52. The minimum atomic E-state index is 0.279. The minimum Gasteiger partial charge on any atom is -0.508 e. The van der Waals surface area contributed by atoms with E-state index in [0.29, 0.717) is 11.7 Å². The quantitative estimate of drug-likeness (QED) is 0.753. The summed E-state index contributed by atoms with van der Waals surface area (Å²) in [4.78, 5) is 8.48. The molecule has 6 heteroatoms. The van der Waals surface area contributed by atoms with E-state index in [4.69, 9.17) is 4.52 Å². The summed E-state index contributed by atoms with van der Waals surface area (Å²) in [7, 11) is 0. The fourth-order valence-corrected chi connectivity index (χ4v) is 2.07. The third-order valence-electron chi connectivity index (χ3n) is 3.19. The van der Waals surface area contributed by atoms with Crippen molar-refractivity contribution in [2.75, 3.05) is 11.9 Å². The Balaban J connectivity index is 1.62. The van der Waals surface area contributed by atoms with E-state index in [1.165, 1.54) is 0 Å². The van der Waals surface area contributed by atoms with Gasteiger partial charge in [0, 0.05) is 18.3 Å². The molecule has 1 aromatic carbocycles. The molecule has 2 N–H and O–H groups in total. The van der Waals surface area contributed by atoms with Crippen molar-refractivity contribution in [2.24, 2.45) is 0 Å². The molecule has 0 saturated carbocycles. The Kier molecular flexibility index (Phi) is 4.00. The molecule has 2 aromatic heterocycles. The topological polar surface area (TPSA) is 84.1 Å². The van der Waals surface area contributed by atoms with Crippen molar-refractivity contribution >= 4 is 5.82 Å². The molecule has 0 aliphatic rings. The highest BCUT2D eigenvalue weighted by Crippen LogP contribution is 2.19. The molecule has 0 radical (unpaired) electrons. The van der Waals surface area contributed by atoms with Gasteiger partial charge in [0.15, 0.2) is 5.82 Å². The standard InChI is InChI=1S/C16H16N4O2/c1-11-19-16(22-20-11)13-7-9-18-15(10-13)17-8-6-12-2-4-14(21)5-3-12/h2-5,7,9-10,21H,6,8H2,1H3,(H,17,18). The second kappa shape index (κ2) is 6.26. The predicted molar refractivity (Wildman–Crippen MR) is 82.6 cm³/mol. The smallest absolute Gasteiger partial charge is 0.258 e. The number of nitrogens with zero attached hydrogens (tertiary/aromatic N) is 3. The number of aromatic hydroxyl groups is 1. The molecule has 112 valence electrons. The van der Waals surface area contributed by atoms with Gasteiger partial charge in [-0.05, 0) is 43.2 Å². The second-order valence-electron chi connectivity index (χ2n) is 4.92. The van der Waals surface area contributed by atoms with Gasteiger partial charge in [0.25, 0.3) is 5.89 Å². The fourth-order valence-electron chi connectivity index (χ4n) is 2.07. The lowest BCUT2D eigenvalue weighted by Crippen LogP contribution is -2.06. The molecule has 0 unspecified atom stereocenters. The summed E-state index contributed by atoms with van der Waals surface area (Å²) in [6, 6.07) is 10.9. The number of anilines is 1. The van der Waals surface area contributed by atoms with Gasteiger partial charge in [-0.3, -0.25) is 0 Å². The number of phenolic OH excluding ortho intramolecular Hbond substituents is 1. The Morgan fingerprint density at radius 1 is 1.18 bits per heavy atom. The van der Waals surface area contributed by atoms with Crippen LogP contribution in [-0.4, -0.2) is 26.8 Å². The number of nitrogens with one attached hydrogen (secondary N) is 1. The van der Waals surface area contributed by atoms with E-state index in [0.717, 1.165) is 29.9 Å². The highest BCUT2D eigenvalue weighted by atomic mass is 16.5. The molecule has 0 saturated heterocycles. The number of hydrogen-bond acceptors (Lipinski definition) is 6. The number of benzene rings is 1. The normalized spacial score (nSPS) is 10.6. The molecule has 0 aliphatic heterocycles. The van der Waals surface area contributed by atoms with Gasteiger partial charge in [0.1, 0.15) is 11.6 Å². The van der Waals surface area contributed by atoms with Crippen molar-refractivity contribution in [3.63, 3.8) is 0 Å². The summed E-state index contributed by atoms with van der Waals surface area (Å²) < 4.78 is 5.15. The molecular weight excluding hydrogens is 280 g/mol. The first-order valence-electron chi connectivity index (χ1n) is 6.99. The number of pyridine rings is 1. The Morgan fingerprint density at radius 3 is 2.73 bits per heavy atom. The zero-order valence-electron chi connectivity index (χ0n) is 12.2. The van der Waals surface area contributed by atoms with Crippen molar-refractivity contribution < 1.29 is 9.63 Å². The SMILES string of the molecule is Cc1noc(-c2ccnc(NCCc3ccc(O)cc3)c2)n1. The Labute approximate surface area is 127 Å². The van der Waals surface area contributed by atoms with Crippen LogP contribution in [0.5, 0.6) is 5.75 Å². The van der Waals surface area contributed by atoms with Gasteiger partial charge in [0.2, 0.25) is 0 Å². The van der Waals surface area contributed by atoms with Crippen LogP contribution in [0, 0.1) is 6.92 Å². The van der Waals surface area contributed by atoms with E-state index >= 15 is 0 Å². The van der Waals surface area contributed by atoms with Crippen LogP contribution in [-0.2, 0) is 6.42 Å². The third kappa shape index (κ3) is 3.41. The van der Waals surface area contributed by atoms with Crippen LogP contribution < -0.4 is 5.32 Å². The molecule has 0 aliphatic carbocycles. The lowest BCUT2D eigenvalue weighted by Gasteiger charge is -2.06. The first kappa shape index (κ1) is 14.1. The summed E-state index contributed by atoms with van der Waals surface area (Å²) in [5.41, 5.74) is 1.98. The van der Waals surface area contributed by atoms with Crippen LogP contribution in [0.25, 0.3) is 11.5 Å². The highest BCUT2D eigenvalue weighted by Gasteiger charge is 2.07. The molecular formula is C16H16N4O2. The van der Waals surface area contributed by atoms with E-state index in [-0.39, 0.29) is 5.75 Å². The molecule has 0 bridgehead atoms. The van der Waals surface area contributed by atoms with E-state index in [1.807, 2.05) is 24.3 Å². The van der Waals surface area contributed by atoms with Gasteiger partial charge in [-0.15, -0.1) is 0 Å². The average molecular weight is 296 g/mol. The number of aryl methyl sites for hydroxylation is 1. The number of aromatic nitrogens is 3. The molecule has 22 heavy (non-hydrogen) atoms. The Bertz CT molecular complexity index is 753. The molecule has 6 nitrogen and oxygen atoms in total. The van der Waals surface area contributed by atoms with Gasteiger partial charge in [-0.25, -0.2) is 4.98 Å². The van der Waals surface area contributed by atoms with Gasteiger partial charge < -0.3 is 14.9 Å². The molecule has 0 amide bonds. The lowest BCUT2D eigenvalue weighted by molar-refractivity contribution is 0.425. The molecule has 0 spiro atoms. The largest absolute Gasteiger partial charge is 0.508 e. The van der Waals surface area contributed by atoms with Gasteiger partial charge in [0.05, 0.1) is 0 Å². The Hall–Kier alpha value is -2.89. The first-order chi connectivity index (χ1) is 10.7. The maximum atomic E-state index is 9.26. The van der Waals surface area contributed by atoms with Crippen LogP contribution in [0.2, 0.25) is 0 Å². The van der Waals surface area contributed by atoms with Crippen molar-refractivity contribution in [1.29, 1.82) is 0 Å². The van der Waals surface area contributed by atoms with Crippen molar-refractivity contribution in [1.82, 2.24) is 15.1 Å². The van der Waals surface area contributed by atoms with Crippen LogP contribution >= 0.6 is 0 Å².